The molecule has 6 heteroatoms. The molecule has 2 aliphatic rings. The zero-order valence-corrected chi connectivity index (χ0v) is 18.5. The van der Waals surface area contributed by atoms with Gasteiger partial charge in [0.25, 0.3) is 5.91 Å². The van der Waals surface area contributed by atoms with E-state index >= 15 is 0 Å². The van der Waals surface area contributed by atoms with E-state index in [4.69, 9.17) is 9.47 Å². The van der Waals surface area contributed by atoms with Crippen molar-refractivity contribution < 1.29 is 18.5 Å². The lowest BCUT2D eigenvalue weighted by Gasteiger charge is -2.16. The van der Waals surface area contributed by atoms with Gasteiger partial charge in [-0.3, -0.25) is 9.52 Å². The van der Waals surface area contributed by atoms with Crippen LogP contribution in [0.1, 0.15) is 36.1 Å². The molecule has 1 N–H and O–H groups in total. The zero-order valence-electron chi connectivity index (χ0n) is 17.7. The lowest BCUT2D eigenvalue weighted by molar-refractivity contribution is -0.114. The lowest BCUT2D eigenvalue weighted by Crippen LogP contribution is -2.16. The standard InChI is InChI=1S/C26H23NO4S/c1-2-30-19-10-6-17(7-11-19)21-4-3-5-23-22(21)14-15-24(23)31-20-12-8-18(9-13-20)25-16-26(28)27-32(25)29/h3-13,16,24H,2,14-15H2,1H3,(H,27,28)/t24-,32?/m1/s1. The number of fused-ring (bicyclic) bond motifs is 1. The van der Waals surface area contributed by atoms with Crippen LogP contribution in [0.4, 0.5) is 0 Å². The average Bonchev–Trinajstić information content (AvgIpc) is 3.37. The van der Waals surface area contributed by atoms with Crippen molar-refractivity contribution in [2.75, 3.05) is 6.61 Å². The summed E-state index contributed by atoms with van der Waals surface area (Å²) in [5, 5.41) is 0. The molecule has 0 fully saturated rings. The molecule has 2 atom stereocenters. The first-order valence-electron chi connectivity index (χ1n) is 10.7. The van der Waals surface area contributed by atoms with Gasteiger partial charge in [-0.15, -0.1) is 0 Å². The van der Waals surface area contributed by atoms with E-state index in [-0.39, 0.29) is 12.0 Å². The fourth-order valence-corrected chi connectivity index (χ4v) is 5.22. The van der Waals surface area contributed by atoms with Crippen molar-refractivity contribution in [2.24, 2.45) is 0 Å². The van der Waals surface area contributed by atoms with Crippen molar-refractivity contribution in [2.45, 2.75) is 25.9 Å². The summed E-state index contributed by atoms with van der Waals surface area (Å²) >= 11 is 0. The average molecular weight is 446 g/mol. The third kappa shape index (κ3) is 3.94. The van der Waals surface area contributed by atoms with E-state index in [9.17, 15) is 9.00 Å². The van der Waals surface area contributed by atoms with Gasteiger partial charge in [0, 0.05) is 6.08 Å². The van der Waals surface area contributed by atoms with E-state index < -0.39 is 11.0 Å². The second-order valence-electron chi connectivity index (χ2n) is 7.74. The number of hydrogen-bond donors (Lipinski definition) is 1. The Kier molecular flexibility index (Phi) is 5.53. The summed E-state index contributed by atoms with van der Waals surface area (Å²) in [6.07, 6.45) is 3.24. The van der Waals surface area contributed by atoms with Crippen LogP contribution in [0, 0.1) is 0 Å². The molecule has 3 aromatic rings. The minimum Gasteiger partial charge on any atom is -0.494 e. The highest BCUT2D eigenvalue weighted by Crippen LogP contribution is 2.40. The van der Waals surface area contributed by atoms with Crippen LogP contribution >= 0.6 is 0 Å². The van der Waals surface area contributed by atoms with Crippen LogP contribution in [-0.2, 0) is 22.2 Å². The molecular weight excluding hydrogens is 422 g/mol. The summed E-state index contributed by atoms with van der Waals surface area (Å²) in [4.78, 5) is 11.9. The summed E-state index contributed by atoms with van der Waals surface area (Å²) in [5.41, 5.74) is 5.71. The minimum atomic E-state index is -1.49. The zero-order chi connectivity index (χ0) is 22.1. The Morgan fingerprint density at radius 3 is 2.38 bits per heavy atom. The largest absolute Gasteiger partial charge is 0.494 e. The minimum absolute atomic E-state index is 0.0124. The highest BCUT2D eigenvalue weighted by atomic mass is 32.2. The number of rotatable bonds is 6. The van der Waals surface area contributed by atoms with Gasteiger partial charge in [-0.1, -0.05) is 42.5 Å². The summed E-state index contributed by atoms with van der Waals surface area (Å²) < 4.78 is 26.2. The Labute approximate surface area is 189 Å². The second kappa shape index (κ2) is 8.63. The van der Waals surface area contributed by atoms with Crippen molar-refractivity contribution in [1.29, 1.82) is 0 Å². The SMILES string of the molecule is CCOc1ccc(-c2cccc3c2CC[C@H]3Oc2ccc(C3=CC(=O)NS3=O)cc2)cc1. The maximum absolute atomic E-state index is 12.0. The van der Waals surface area contributed by atoms with E-state index in [1.807, 2.05) is 43.3 Å². The predicted molar refractivity (Wildman–Crippen MR) is 125 cm³/mol. The molecule has 1 aliphatic carbocycles. The molecule has 1 unspecified atom stereocenters. The summed E-state index contributed by atoms with van der Waals surface area (Å²) in [5.74, 6) is 1.30. The summed E-state index contributed by atoms with van der Waals surface area (Å²) in [6.45, 7) is 2.64. The summed E-state index contributed by atoms with van der Waals surface area (Å²) in [7, 11) is -1.49. The number of benzene rings is 3. The van der Waals surface area contributed by atoms with Gasteiger partial charge in [-0.05, 0) is 71.8 Å². The molecule has 3 aromatic carbocycles. The van der Waals surface area contributed by atoms with E-state index in [0.29, 0.717) is 11.5 Å². The number of carbonyl (C=O) groups excluding carboxylic acids is 1. The van der Waals surface area contributed by atoms with Crippen LogP contribution in [0.5, 0.6) is 11.5 Å². The van der Waals surface area contributed by atoms with Crippen LogP contribution in [0.2, 0.25) is 0 Å². The van der Waals surface area contributed by atoms with Gasteiger partial charge in [-0.25, -0.2) is 4.21 Å². The molecule has 162 valence electrons. The van der Waals surface area contributed by atoms with E-state index in [1.165, 1.54) is 28.3 Å². The Bertz CT molecular complexity index is 1220. The Hall–Kier alpha value is -3.38. The van der Waals surface area contributed by atoms with Crippen molar-refractivity contribution in [1.82, 2.24) is 4.72 Å². The number of carbonyl (C=O) groups is 1. The first-order valence-corrected chi connectivity index (χ1v) is 11.8. The van der Waals surface area contributed by atoms with Crippen molar-refractivity contribution in [3.63, 3.8) is 0 Å². The highest BCUT2D eigenvalue weighted by molar-refractivity contribution is 7.93. The second-order valence-corrected chi connectivity index (χ2v) is 8.93. The molecule has 0 radical (unpaired) electrons. The fraction of sp³-hybridized carbons (Fsp3) is 0.192. The Morgan fingerprint density at radius 1 is 0.969 bits per heavy atom. The predicted octanol–water partition coefficient (Wildman–Crippen LogP) is 4.95. The monoisotopic (exact) mass is 445 g/mol. The summed E-state index contributed by atoms with van der Waals surface area (Å²) in [6, 6.07) is 22.0. The normalized spacial score (nSPS) is 19.3. The smallest absolute Gasteiger partial charge is 0.257 e. The molecule has 32 heavy (non-hydrogen) atoms. The first-order chi connectivity index (χ1) is 15.6. The van der Waals surface area contributed by atoms with Crippen LogP contribution in [-0.4, -0.2) is 16.7 Å². The van der Waals surface area contributed by atoms with Gasteiger partial charge >= 0.3 is 0 Å². The van der Waals surface area contributed by atoms with E-state index in [0.717, 1.165) is 29.9 Å². The first kappa shape index (κ1) is 20.5. The topological polar surface area (TPSA) is 64.6 Å². The lowest BCUT2D eigenvalue weighted by atomic mass is 9.96. The van der Waals surface area contributed by atoms with Gasteiger partial charge in [0.05, 0.1) is 11.5 Å². The van der Waals surface area contributed by atoms with Crippen LogP contribution in [0.15, 0.2) is 72.8 Å². The number of nitrogens with one attached hydrogen (secondary N) is 1. The van der Waals surface area contributed by atoms with Crippen molar-refractivity contribution >= 4 is 21.8 Å². The third-order valence-electron chi connectivity index (χ3n) is 5.76. The molecule has 0 saturated heterocycles. The molecule has 1 aliphatic heterocycles. The van der Waals surface area contributed by atoms with Crippen molar-refractivity contribution in [3.05, 3.63) is 89.5 Å². The highest BCUT2D eigenvalue weighted by Gasteiger charge is 2.27. The Balaban J connectivity index is 1.35. The Morgan fingerprint density at radius 2 is 1.69 bits per heavy atom. The third-order valence-corrected chi connectivity index (χ3v) is 6.90. The van der Waals surface area contributed by atoms with Gasteiger partial charge in [0.1, 0.15) is 17.6 Å². The van der Waals surface area contributed by atoms with Crippen LogP contribution in [0.3, 0.4) is 0 Å². The van der Waals surface area contributed by atoms with E-state index in [2.05, 4.69) is 35.1 Å². The molecule has 0 spiro atoms. The van der Waals surface area contributed by atoms with Gasteiger partial charge in [0.2, 0.25) is 0 Å². The molecular formula is C26H23NO4S. The maximum atomic E-state index is 12.0. The molecule has 0 saturated carbocycles. The molecule has 0 bridgehead atoms. The quantitative estimate of drug-likeness (QED) is 0.583. The maximum Gasteiger partial charge on any atom is 0.257 e. The van der Waals surface area contributed by atoms with Crippen LogP contribution in [0.25, 0.3) is 16.0 Å². The molecule has 5 nitrogen and oxygen atoms in total. The van der Waals surface area contributed by atoms with Crippen molar-refractivity contribution in [3.8, 4) is 22.6 Å². The molecule has 0 aromatic heterocycles. The molecule has 5 rings (SSSR count). The van der Waals surface area contributed by atoms with Gasteiger partial charge in [-0.2, -0.15) is 0 Å². The molecule has 1 heterocycles. The van der Waals surface area contributed by atoms with Gasteiger partial charge in [0.15, 0.2) is 11.0 Å². The van der Waals surface area contributed by atoms with Crippen LogP contribution < -0.4 is 14.2 Å². The van der Waals surface area contributed by atoms with E-state index in [1.54, 1.807) is 0 Å². The fourth-order valence-electron chi connectivity index (χ4n) is 4.31. The number of ether oxygens (including phenoxy) is 2. The number of amides is 1. The number of hydrogen-bond acceptors (Lipinski definition) is 4. The van der Waals surface area contributed by atoms with Gasteiger partial charge < -0.3 is 9.47 Å². The molecule has 1 amide bonds.